The number of hydrogen-bond donors (Lipinski definition) is 1. The molecule has 27 heavy (non-hydrogen) atoms. The third-order valence-electron chi connectivity index (χ3n) is 4.01. The van der Waals surface area contributed by atoms with Crippen molar-refractivity contribution < 1.29 is 13.2 Å². The minimum absolute atomic E-state index is 0.0965. The molecular weight excluding hydrogens is 364 g/mol. The molecule has 8 heteroatoms. The molecule has 2 aromatic heterocycles. The predicted octanol–water partition coefficient (Wildman–Crippen LogP) is 2.92. The summed E-state index contributed by atoms with van der Waals surface area (Å²) in [6.07, 6.45) is 6.02. The Morgan fingerprint density at radius 2 is 1.74 bits per heavy atom. The maximum Gasteiger partial charge on any atom is 0.264 e. The molecule has 0 unspecified atom stereocenters. The summed E-state index contributed by atoms with van der Waals surface area (Å²) >= 11 is 0. The van der Waals surface area contributed by atoms with Crippen molar-refractivity contribution in [2.24, 2.45) is 0 Å². The monoisotopic (exact) mass is 378 g/mol. The second kappa shape index (κ2) is 6.65. The van der Waals surface area contributed by atoms with Crippen LogP contribution in [0.2, 0.25) is 0 Å². The van der Waals surface area contributed by atoms with Crippen LogP contribution < -0.4 is 4.72 Å². The Morgan fingerprint density at radius 3 is 2.48 bits per heavy atom. The standard InChI is InChI=1S/C19H14N4O3S/c24-19(23-12-11-20-13-23)15-6-8-16(9-7-15)22-27(25,26)17-5-1-3-14-4-2-10-21-18(14)17/h1-13,22H. The molecule has 4 rings (SSSR count). The van der Waals surface area contributed by atoms with Crippen LogP contribution in [0.3, 0.4) is 0 Å². The van der Waals surface area contributed by atoms with Crippen molar-refractivity contribution >= 4 is 32.5 Å². The molecule has 0 aliphatic heterocycles. The zero-order chi connectivity index (χ0) is 18.9. The molecule has 0 saturated carbocycles. The summed E-state index contributed by atoms with van der Waals surface area (Å²) in [4.78, 5) is 20.4. The van der Waals surface area contributed by atoms with Gasteiger partial charge in [0.15, 0.2) is 0 Å². The Morgan fingerprint density at radius 1 is 0.963 bits per heavy atom. The van der Waals surface area contributed by atoms with Crippen molar-refractivity contribution in [2.45, 2.75) is 4.90 Å². The molecule has 0 aliphatic rings. The number of benzene rings is 2. The molecule has 7 nitrogen and oxygen atoms in total. The second-order valence-corrected chi connectivity index (χ2v) is 7.44. The van der Waals surface area contributed by atoms with Gasteiger partial charge in [0.05, 0.1) is 5.52 Å². The highest BCUT2D eigenvalue weighted by Gasteiger charge is 2.18. The third kappa shape index (κ3) is 3.30. The van der Waals surface area contributed by atoms with Crippen LogP contribution in [0.1, 0.15) is 10.4 Å². The van der Waals surface area contributed by atoms with Crippen molar-refractivity contribution in [3.8, 4) is 0 Å². The van der Waals surface area contributed by atoms with Gasteiger partial charge < -0.3 is 0 Å². The summed E-state index contributed by atoms with van der Waals surface area (Å²) in [7, 11) is -3.83. The minimum Gasteiger partial charge on any atom is -0.280 e. The fraction of sp³-hybridized carbons (Fsp3) is 0. The van der Waals surface area contributed by atoms with Crippen LogP contribution in [-0.4, -0.2) is 28.9 Å². The van der Waals surface area contributed by atoms with Gasteiger partial charge in [-0.25, -0.2) is 13.4 Å². The average Bonchev–Trinajstić information content (AvgIpc) is 3.22. The van der Waals surface area contributed by atoms with Gasteiger partial charge >= 0.3 is 0 Å². The first-order valence-corrected chi connectivity index (χ1v) is 9.52. The molecule has 0 radical (unpaired) electrons. The lowest BCUT2D eigenvalue weighted by atomic mass is 10.2. The van der Waals surface area contributed by atoms with Crippen molar-refractivity contribution in [3.05, 3.63) is 85.1 Å². The molecule has 4 aromatic rings. The summed E-state index contributed by atoms with van der Waals surface area (Å²) in [5.74, 6) is -0.250. The lowest BCUT2D eigenvalue weighted by Crippen LogP contribution is -2.14. The number of rotatable bonds is 4. The maximum absolute atomic E-state index is 12.8. The first kappa shape index (κ1) is 16.9. The maximum atomic E-state index is 12.8. The van der Waals surface area contributed by atoms with Gasteiger partial charge in [0.2, 0.25) is 0 Å². The number of nitrogens with zero attached hydrogens (tertiary/aromatic N) is 3. The van der Waals surface area contributed by atoms with Crippen LogP contribution in [0.5, 0.6) is 0 Å². The summed E-state index contributed by atoms with van der Waals surface area (Å²) in [5, 5.41) is 0.738. The van der Waals surface area contributed by atoms with E-state index in [-0.39, 0.29) is 10.8 Å². The fourth-order valence-corrected chi connectivity index (χ4v) is 3.95. The minimum atomic E-state index is -3.83. The van der Waals surface area contributed by atoms with E-state index in [1.54, 1.807) is 60.9 Å². The van der Waals surface area contributed by atoms with E-state index >= 15 is 0 Å². The van der Waals surface area contributed by atoms with E-state index < -0.39 is 10.0 Å². The number of carbonyl (C=O) groups is 1. The first-order valence-electron chi connectivity index (χ1n) is 8.04. The highest BCUT2D eigenvalue weighted by Crippen LogP contribution is 2.23. The van der Waals surface area contributed by atoms with Gasteiger partial charge in [0.1, 0.15) is 11.2 Å². The van der Waals surface area contributed by atoms with E-state index in [4.69, 9.17) is 0 Å². The van der Waals surface area contributed by atoms with E-state index in [2.05, 4.69) is 14.7 Å². The quantitative estimate of drug-likeness (QED) is 0.589. The van der Waals surface area contributed by atoms with E-state index in [0.29, 0.717) is 16.8 Å². The molecule has 2 heterocycles. The molecule has 134 valence electrons. The predicted molar refractivity (Wildman–Crippen MR) is 101 cm³/mol. The largest absolute Gasteiger partial charge is 0.280 e. The van der Waals surface area contributed by atoms with Gasteiger partial charge in [-0.1, -0.05) is 18.2 Å². The lowest BCUT2D eigenvalue weighted by molar-refractivity contribution is 0.0960. The Hall–Kier alpha value is -3.52. The molecule has 0 bridgehead atoms. The normalized spacial score (nSPS) is 11.4. The van der Waals surface area contributed by atoms with Crippen LogP contribution in [0.4, 0.5) is 5.69 Å². The van der Waals surface area contributed by atoms with Crippen molar-refractivity contribution in [2.75, 3.05) is 4.72 Å². The van der Waals surface area contributed by atoms with Gasteiger partial charge in [0, 0.05) is 35.2 Å². The van der Waals surface area contributed by atoms with Crippen molar-refractivity contribution in [1.82, 2.24) is 14.5 Å². The molecule has 1 N–H and O–H groups in total. The van der Waals surface area contributed by atoms with Gasteiger partial charge in [-0.05, 0) is 36.4 Å². The number of para-hydroxylation sites is 1. The zero-order valence-corrected chi connectivity index (χ0v) is 14.8. The van der Waals surface area contributed by atoms with Crippen LogP contribution in [0.25, 0.3) is 10.9 Å². The molecule has 0 fully saturated rings. The van der Waals surface area contributed by atoms with Gasteiger partial charge in [-0.15, -0.1) is 0 Å². The van der Waals surface area contributed by atoms with E-state index in [0.717, 1.165) is 5.39 Å². The Labute approximate surface area is 155 Å². The Bertz CT molecular complexity index is 1210. The molecule has 0 amide bonds. The number of anilines is 1. The zero-order valence-electron chi connectivity index (χ0n) is 14.0. The number of carbonyl (C=O) groups excluding carboxylic acids is 1. The van der Waals surface area contributed by atoms with Crippen molar-refractivity contribution in [1.29, 1.82) is 0 Å². The highest BCUT2D eigenvalue weighted by molar-refractivity contribution is 7.93. The SMILES string of the molecule is O=C(c1ccc(NS(=O)(=O)c2cccc3cccnc23)cc1)n1ccnc1. The smallest absolute Gasteiger partial charge is 0.264 e. The van der Waals surface area contributed by atoms with Gasteiger partial charge in [0.25, 0.3) is 15.9 Å². The third-order valence-corrected chi connectivity index (χ3v) is 5.42. The summed E-state index contributed by atoms with van der Waals surface area (Å²) in [6.45, 7) is 0. The van der Waals surface area contributed by atoms with E-state index in [9.17, 15) is 13.2 Å². The van der Waals surface area contributed by atoms with Gasteiger partial charge in [-0.3, -0.25) is 19.1 Å². The van der Waals surface area contributed by atoms with E-state index in [1.165, 1.54) is 23.2 Å². The number of fused-ring (bicyclic) bond motifs is 1. The van der Waals surface area contributed by atoms with Crippen molar-refractivity contribution in [3.63, 3.8) is 0 Å². The Kier molecular flexibility index (Phi) is 4.17. The van der Waals surface area contributed by atoms with Crippen LogP contribution >= 0.6 is 0 Å². The number of nitrogens with one attached hydrogen (secondary N) is 1. The molecule has 0 spiro atoms. The number of sulfonamides is 1. The Balaban J connectivity index is 1.62. The second-order valence-electron chi connectivity index (χ2n) is 5.79. The fourth-order valence-electron chi connectivity index (χ4n) is 2.71. The number of aromatic nitrogens is 3. The van der Waals surface area contributed by atoms with Crippen LogP contribution in [0, 0.1) is 0 Å². The van der Waals surface area contributed by atoms with Crippen LogP contribution in [-0.2, 0) is 10.0 Å². The summed E-state index contributed by atoms with van der Waals surface area (Å²) in [5.41, 5.74) is 1.17. The van der Waals surface area contributed by atoms with Gasteiger partial charge in [-0.2, -0.15) is 0 Å². The molecule has 0 atom stereocenters. The highest BCUT2D eigenvalue weighted by atomic mass is 32.2. The summed E-state index contributed by atoms with van der Waals surface area (Å²) in [6, 6.07) is 14.7. The van der Waals surface area contributed by atoms with E-state index in [1.807, 2.05) is 0 Å². The number of pyridine rings is 1. The number of imidazole rings is 1. The molecule has 0 saturated heterocycles. The topological polar surface area (TPSA) is 94.0 Å². The average molecular weight is 378 g/mol. The van der Waals surface area contributed by atoms with Crippen LogP contribution in [0.15, 0.2) is 84.4 Å². The lowest BCUT2D eigenvalue weighted by Gasteiger charge is -2.10. The molecule has 0 aliphatic carbocycles. The number of hydrogen-bond acceptors (Lipinski definition) is 5. The first-order chi connectivity index (χ1) is 13.0. The summed E-state index contributed by atoms with van der Waals surface area (Å²) < 4.78 is 29.5. The molecule has 2 aromatic carbocycles. The molecular formula is C19H14N4O3S.